The molecular formula is C16H24ClN5OS. The third-order valence-corrected chi connectivity index (χ3v) is 5.26. The second kappa shape index (κ2) is 8.60. The Hall–Kier alpha value is -1.44. The zero-order valence-corrected chi connectivity index (χ0v) is 15.7. The molecule has 1 aliphatic rings. The maximum absolute atomic E-state index is 12.6. The van der Waals surface area contributed by atoms with Crippen LogP contribution in [-0.2, 0) is 24.7 Å². The molecule has 0 aromatic carbocycles. The molecule has 2 aromatic heterocycles. The molecule has 0 fully saturated rings. The summed E-state index contributed by atoms with van der Waals surface area (Å²) in [5.74, 6) is -0.0952. The van der Waals surface area contributed by atoms with Crippen LogP contribution in [-0.4, -0.2) is 27.7 Å². The van der Waals surface area contributed by atoms with E-state index in [2.05, 4.69) is 20.7 Å². The molecule has 2 N–H and O–H groups in total. The van der Waals surface area contributed by atoms with Crippen LogP contribution in [0.2, 0.25) is 0 Å². The number of likely N-dealkylation sites (N-methyl/N-ethyl adjacent to an activating group) is 1. The monoisotopic (exact) mass is 369 g/mol. The number of fused-ring (bicyclic) bond motifs is 1. The second-order valence-corrected chi connectivity index (χ2v) is 7.05. The number of nitrogens with one attached hydrogen (secondary N) is 2. The van der Waals surface area contributed by atoms with E-state index < -0.39 is 6.04 Å². The number of halogens is 1. The Balaban J connectivity index is 0.00000208. The third-order valence-electron chi connectivity index (χ3n) is 4.18. The molecule has 0 saturated heterocycles. The standard InChI is InChI=1S/C16H23N5OS.ClH/c1-17-14(11-9-18-21(2)10-11)15(22)20-16-19-12-7-5-3-4-6-8-13(12)23-16;/h9-10,14,17H,3-8H2,1-2H3,(H,19,20,22);1H. The van der Waals surface area contributed by atoms with Crippen LogP contribution in [0.25, 0.3) is 0 Å². The number of nitrogens with zero attached hydrogens (tertiary/aromatic N) is 3. The fourth-order valence-electron chi connectivity index (χ4n) is 2.97. The molecule has 0 spiro atoms. The Morgan fingerprint density at radius 2 is 2.04 bits per heavy atom. The molecular weight excluding hydrogens is 346 g/mol. The van der Waals surface area contributed by atoms with Crippen molar-refractivity contribution < 1.29 is 4.79 Å². The van der Waals surface area contributed by atoms with Gasteiger partial charge in [0.15, 0.2) is 5.13 Å². The average molecular weight is 370 g/mol. The topological polar surface area (TPSA) is 71.8 Å². The fourth-order valence-corrected chi connectivity index (χ4v) is 4.03. The summed E-state index contributed by atoms with van der Waals surface area (Å²) in [6.07, 6.45) is 10.7. The lowest BCUT2D eigenvalue weighted by Gasteiger charge is -2.12. The Bertz CT molecular complexity index is 658. The van der Waals surface area contributed by atoms with Crippen molar-refractivity contribution in [3.63, 3.8) is 0 Å². The number of rotatable bonds is 4. The largest absolute Gasteiger partial charge is 0.305 e. The quantitative estimate of drug-likeness (QED) is 0.869. The van der Waals surface area contributed by atoms with Gasteiger partial charge in [-0.25, -0.2) is 4.98 Å². The van der Waals surface area contributed by atoms with E-state index >= 15 is 0 Å². The molecule has 8 heteroatoms. The van der Waals surface area contributed by atoms with Crippen LogP contribution in [0.5, 0.6) is 0 Å². The first-order valence-corrected chi connectivity index (χ1v) is 8.94. The van der Waals surface area contributed by atoms with Gasteiger partial charge in [-0.1, -0.05) is 12.8 Å². The molecule has 0 aliphatic heterocycles. The lowest BCUT2D eigenvalue weighted by atomic mass is 10.0. The molecule has 3 rings (SSSR count). The van der Waals surface area contributed by atoms with Gasteiger partial charge in [0.05, 0.1) is 11.9 Å². The maximum atomic E-state index is 12.6. The molecule has 2 heterocycles. The van der Waals surface area contributed by atoms with Crippen LogP contribution in [0, 0.1) is 0 Å². The summed E-state index contributed by atoms with van der Waals surface area (Å²) in [6, 6.07) is -0.421. The van der Waals surface area contributed by atoms with E-state index in [9.17, 15) is 4.79 Å². The molecule has 1 aliphatic carbocycles. The highest BCUT2D eigenvalue weighted by molar-refractivity contribution is 7.15. The molecule has 24 heavy (non-hydrogen) atoms. The number of anilines is 1. The van der Waals surface area contributed by atoms with Crippen molar-refractivity contribution in [1.82, 2.24) is 20.1 Å². The van der Waals surface area contributed by atoms with E-state index in [-0.39, 0.29) is 18.3 Å². The highest BCUT2D eigenvalue weighted by atomic mass is 35.5. The van der Waals surface area contributed by atoms with Gasteiger partial charge < -0.3 is 10.6 Å². The second-order valence-electron chi connectivity index (χ2n) is 5.96. The number of aryl methyl sites for hydroxylation is 3. The summed E-state index contributed by atoms with van der Waals surface area (Å²) in [4.78, 5) is 18.5. The normalized spacial score (nSPS) is 15.6. The number of thiazole rings is 1. The number of hydrogen-bond donors (Lipinski definition) is 2. The van der Waals surface area contributed by atoms with Crippen LogP contribution in [0.15, 0.2) is 12.4 Å². The fraction of sp³-hybridized carbons (Fsp3) is 0.562. The summed E-state index contributed by atoms with van der Waals surface area (Å²) in [7, 11) is 3.62. The maximum Gasteiger partial charge on any atom is 0.247 e. The predicted molar refractivity (Wildman–Crippen MR) is 98.9 cm³/mol. The Kier molecular flexibility index (Phi) is 6.77. The Morgan fingerprint density at radius 3 is 2.71 bits per heavy atom. The first-order chi connectivity index (χ1) is 11.2. The highest BCUT2D eigenvalue weighted by Gasteiger charge is 2.22. The summed E-state index contributed by atoms with van der Waals surface area (Å²) in [5.41, 5.74) is 2.02. The minimum Gasteiger partial charge on any atom is -0.305 e. The molecule has 132 valence electrons. The van der Waals surface area contributed by atoms with Gasteiger partial charge in [-0.15, -0.1) is 23.7 Å². The Labute approximate surface area is 152 Å². The molecule has 2 aromatic rings. The highest BCUT2D eigenvalue weighted by Crippen LogP contribution is 2.29. The van der Waals surface area contributed by atoms with Crippen LogP contribution in [0.3, 0.4) is 0 Å². The minimum atomic E-state index is -0.421. The van der Waals surface area contributed by atoms with Crippen molar-refractivity contribution in [2.45, 2.75) is 44.6 Å². The van der Waals surface area contributed by atoms with Gasteiger partial charge in [-0.2, -0.15) is 5.10 Å². The van der Waals surface area contributed by atoms with Gasteiger partial charge in [0.2, 0.25) is 5.91 Å². The Morgan fingerprint density at radius 1 is 1.29 bits per heavy atom. The number of amides is 1. The first kappa shape index (κ1) is 18.9. The van der Waals surface area contributed by atoms with Crippen molar-refractivity contribution in [2.75, 3.05) is 12.4 Å². The number of hydrogen-bond acceptors (Lipinski definition) is 5. The summed E-state index contributed by atoms with van der Waals surface area (Å²) in [5, 5.41) is 10.9. The van der Waals surface area contributed by atoms with Crippen LogP contribution < -0.4 is 10.6 Å². The average Bonchev–Trinajstić information content (AvgIpc) is 3.07. The molecule has 1 amide bonds. The lowest BCUT2D eigenvalue weighted by Crippen LogP contribution is -2.30. The van der Waals surface area contributed by atoms with Gasteiger partial charge in [-0.3, -0.25) is 9.48 Å². The number of aromatic nitrogens is 3. The van der Waals surface area contributed by atoms with Crippen LogP contribution >= 0.6 is 23.7 Å². The van der Waals surface area contributed by atoms with Crippen molar-refractivity contribution in [3.8, 4) is 0 Å². The molecule has 1 atom stereocenters. The molecule has 0 bridgehead atoms. The lowest BCUT2D eigenvalue weighted by molar-refractivity contribution is -0.118. The molecule has 1 unspecified atom stereocenters. The van der Waals surface area contributed by atoms with Gasteiger partial charge in [-0.05, 0) is 32.7 Å². The summed E-state index contributed by atoms with van der Waals surface area (Å²) >= 11 is 1.62. The van der Waals surface area contributed by atoms with Crippen molar-refractivity contribution in [1.29, 1.82) is 0 Å². The first-order valence-electron chi connectivity index (χ1n) is 8.12. The summed E-state index contributed by atoms with van der Waals surface area (Å²) < 4.78 is 1.70. The van der Waals surface area contributed by atoms with Gasteiger partial charge in [0.1, 0.15) is 6.04 Å². The minimum absolute atomic E-state index is 0. The number of carbonyl (C=O) groups is 1. The van der Waals surface area contributed by atoms with E-state index in [0.717, 1.165) is 18.4 Å². The van der Waals surface area contributed by atoms with Crippen molar-refractivity contribution >= 4 is 34.8 Å². The van der Waals surface area contributed by atoms with Gasteiger partial charge >= 0.3 is 0 Å². The van der Waals surface area contributed by atoms with Crippen LogP contribution in [0.1, 0.15) is 47.9 Å². The number of carbonyl (C=O) groups excluding carboxylic acids is 1. The van der Waals surface area contributed by atoms with E-state index in [0.29, 0.717) is 5.13 Å². The van der Waals surface area contributed by atoms with Crippen molar-refractivity contribution in [2.24, 2.45) is 7.05 Å². The van der Waals surface area contributed by atoms with E-state index in [1.54, 1.807) is 29.3 Å². The van der Waals surface area contributed by atoms with Gasteiger partial charge in [0.25, 0.3) is 0 Å². The van der Waals surface area contributed by atoms with Crippen molar-refractivity contribution in [3.05, 3.63) is 28.5 Å². The van der Waals surface area contributed by atoms with Gasteiger partial charge in [0, 0.05) is 23.7 Å². The van der Waals surface area contributed by atoms with E-state index in [1.165, 1.54) is 36.3 Å². The molecule has 0 saturated carbocycles. The summed E-state index contributed by atoms with van der Waals surface area (Å²) in [6.45, 7) is 0. The van der Waals surface area contributed by atoms with E-state index in [4.69, 9.17) is 0 Å². The zero-order valence-electron chi connectivity index (χ0n) is 14.0. The predicted octanol–water partition coefficient (Wildman–Crippen LogP) is 2.86. The van der Waals surface area contributed by atoms with E-state index in [1.807, 2.05) is 13.2 Å². The zero-order chi connectivity index (χ0) is 16.2. The molecule has 0 radical (unpaired) electrons. The smallest absolute Gasteiger partial charge is 0.247 e. The van der Waals surface area contributed by atoms with Crippen LogP contribution in [0.4, 0.5) is 5.13 Å². The SMILES string of the molecule is CNC(C(=O)Nc1nc2c(s1)CCCCCC2)c1cnn(C)c1.Cl. The third kappa shape index (κ3) is 4.34. The molecule has 6 nitrogen and oxygen atoms in total.